The van der Waals surface area contributed by atoms with Crippen molar-refractivity contribution in [3.63, 3.8) is 0 Å². The van der Waals surface area contributed by atoms with E-state index >= 15 is 0 Å². The quantitative estimate of drug-likeness (QED) is 0.309. The van der Waals surface area contributed by atoms with E-state index in [1.54, 1.807) is 36.5 Å². The van der Waals surface area contributed by atoms with Crippen molar-refractivity contribution in [3.05, 3.63) is 76.5 Å². The molecule has 126 valence electrons. The fraction of sp³-hybridized carbons (Fsp3) is 0.0526. The summed E-state index contributed by atoms with van der Waals surface area (Å²) in [5.41, 5.74) is 4.65. The average Bonchev–Trinajstić information content (AvgIpc) is 3.18. The number of rotatable bonds is 6. The molecule has 0 radical (unpaired) electrons. The summed E-state index contributed by atoms with van der Waals surface area (Å²) >= 11 is 1.33. The van der Waals surface area contributed by atoms with Crippen molar-refractivity contribution in [2.24, 2.45) is 5.10 Å². The minimum atomic E-state index is -0.402. The molecule has 1 aromatic heterocycles. The molecule has 25 heavy (non-hydrogen) atoms. The average molecular weight is 352 g/mol. The second-order valence-corrected chi connectivity index (χ2v) is 5.96. The topological polar surface area (TPSA) is 59.9 Å². The van der Waals surface area contributed by atoms with Crippen LogP contribution < -0.4 is 14.9 Å². The van der Waals surface area contributed by atoms with Crippen LogP contribution in [0.4, 0.5) is 5.69 Å². The van der Waals surface area contributed by atoms with Crippen LogP contribution >= 0.6 is 11.3 Å². The fourth-order valence-electron chi connectivity index (χ4n) is 2.09. The van der Waals surface area contributed by atoms with Crippen LogP contribution in [0.15, 0.2) is 71.1 Å². The van der Waals surface area contributed by atoms with Gasteiger partial charge in [-0.05, 0) is 47.3 Å². The molecule has 1 heterocycles. The lowest BCUT2D eigenvalue weighted by Gasteiger charge is -2.09. The molecular formula is C19H16N2O3S. The number of anilines is 1. The Bertz CT molecular complexity index is 862. The van der Waals surface area contributed by atoms with Crippen molar-refractivity contribution in [1.29, 1.82) is 0 Å². The lowest BCUT2D eigenvalue weighted by atomic mass is 10.2. The maximum atomic E-state index is 12.1. The Morgan fingerprint density at radius 2 is 1.92 bits per heavy atom. The maximum absolute atomic E-state index is 12.1. The first-order chi connectivity index (χ1) is 12.3. The molecule has 3 rings (SSSR count). The Labute approximate surface area is 149 Å². The summed E-state index contributed by atoms with van der Waals surface area (Å²) < 4.78 is 10.7. The smallest absolute Gasteiger partial charge is 0.353 e. The van der Waals surface area contributed by atoms with E-state index < -0.39 is 5.97 Å². The highest BCUT2D eigenvalue weighted by molar-refractivity contribution is 7.12. The molecule has 0 fully saturated rings. The monoisotopic (exact) mass is 352 g/mol. The Morgan fingerprint density at radius 1 is 1.08 bits per heavy atom. The molecule has 6 heteroatoms. The summed E-state index contributed by atoms with van der Waals surface area (Å²) in [6, 6.07) is 18.4. The van der Waals surface area contributed by atoms with Crippen LogP contribution in [0.2, 0.25) is 0 Å². The summed E-state index contributed by atoms with van der Waals surface area (Å²) in [7, 11) is 1.53. The van der Waals surface area contributed by atoms with E-state index in [1.807, 2.05) is 35.7 Å². The molecule has 0 aliphatic heterocycles. The number of nitrogens with zero attached hydrogens (tertiary/aromatic N) is 1. The van der Waals surface area contributed by atoms with Crippen molar-refractivity contribution in [2.45, 2.75) is 0 Å². The predicted molar refractivity (Wildman–Crippen MR) is 99.9 cm³/mol. The number of thiophene rings is 1. The van der Waals surface area contributed by atoms with Gasteiger partial charge in [-0.15, -0.1) is 11.3 Å². The molecule has 0 aliphatic rings. The number of hydrazone groups is 1. The lowest BCUT2D eigenvalue weighted by molar-refractivity contribution is 0.0735. The molecule has 0 unspecified atom stereocenters. The first-order valence-electron chi connectivity index (χ1n) is 7.54. The Hall–Kier alpha value is -3.12. The van der Waals surface area contributed by atoms with Crippen molar-refractivity contribution in [1.82, 2.24) is 0 Å². The van der Waals surface area contributed by atoms with Gasteiger partial charge in [0.15, 0.2) is 11.5 Å². The Balaban J connectivity index is 1.70. The molecule has 0 spiro atoms. The standard InChI is InChI=1S/C19H16N2O3S/c1-23-17-12-14(13-20-21-15-6-3-2-4-7-15)9-10-16(17)24-19(22)18-8-5-11-25-18/h2-13,21H,1H3/b20-13-. The molecular weight excluding hydrogens is 336 g/mol. The van der Waals surface area contributed by atoms with Crippen molar-refractivity contribution < 1.29 is 14.3 Å². The molecule has 5 nitrogen and oxygen atoms in total. The van der Waals surface area contributed by atoms with Gasteiger partial charge in [0.25, 0.3) is 0 Å². The highest BCUT2D eigenvalue weighted by Gasteiger charge is 2.13. The highest BCUT2D eigenvalue weighted by Crippen LogP contribution is 2.28. The van der Waals surface area contributed by atoms with E-state index in [0.29, 0.717) is 16.4 Å². The van der Waals surface area contributed by atoms with Gasteiger partial charge in [-0.3, -0.25) is 5.43 Å². The Kier molecular flexibility index (Phi) is 5.43. The van der Waals surface area contributed by atoms with Gasteiger partial charge in [0, 0.05) is 0 Å². The largest absolute Gasteiger partial charge is 0.493 e. The first-order valence-corrected chi connectivity index (χ1v) is 8.42. The van der Waals surface area contributed by atoms with Crippen LogP contribution in [0.1, 0.15) is 15.2 Å². The van der Waals surface area contributed by atoms with Crippen LogP contribution in [0.25, 0.3) is 0 Å². The predicted octanol–water partition coefficient (Wildman–Crippen LogP) is 4.42. The van der Waals surface area contributed by atoms with Crippen LogP contribution in [-0.2, 0) is 0 Å². The van der Waals surface area contributed by atoms with E-state index in [9.17, 15) is 4.79 Å². The number of nitrogens with one attached hydrogen (secondary N) is 1. The fourth-order valence-corrected chi connectivity index (χ4v) is 2.69. The van der Waals surface area contributed by atoms with Crippen LogP contribution in [0.3, 0.4) is 0 Å². The van der Waals surface area contributed by atoms with Gasteiger partial charge in [0.2, 0.25) is 0 Å². The zero-order chi connectivity index (χ0) is 17.5. The minimum Gasteiger partial charge on any atom is -0.493 e. The number of benzene rings is 2. The molecule has 0 atom stereocenters. The lowest BCUT2D eigenvalue weighted by Crippen LogP contribution is -2.07. The van der Waals surface area contributed by atoms with Gasteiger partial charge in [-0.2, -0.15) is 5.10 Å². The Morgan fingerprint density at radius 3 is 2.64 bits per heavy atom. The number of para-hydroxylation sites is 1. The third kappa shape index (κ3) is 4.45. The molecule has 0 amide bonds. The van der Waals surface area contributed by atoms with E-state index in [4.69, 9.17) is 9.47 Å². The summed E-state index contributed by atoms with van der Waals surface area (Å²) in [6.07, 6.45) is 1.67. The van der Waals surface area contributed by atoms with E-state index in [2.05, 4.69) is 10.5 Å². The van der Waals surface area contributed by atoms with Gasteiger partial charge in [0.05, 0.1) is 19.0 Å². The number of hydrogen-bond acceptors (Lipinski definition) is 6. The third-order valence-corrected chi connectivity index (χ3v) is 4.14. The van der Waals surface area contributed by atoms with Gasteiger partial charge in [-0.1, -0.05) is 24.3 Å². The van der Waals surface area contributed by atoms with Crippen molar-refractivity contribution >= 4 is 29.2 Å². The van der Waals surface area contributed by atoms with E-state index in [-0.39, 0.29) is 0 Å². The zero-order valence-electron chi connectivity index (χ0n) is 13.5. The summed E-state index contributed by atoms with van der Waals surface area (Å²) in [6.45, 7) is 0. The highest BCUT2D eigenvalue weighted by atomic mass is 32.1. The molecule has 3 aromatic rings. The number of methoxy groups -OCH3 is 1. The molecule has 0 saturated carbocycles. The number of esters is 1. The number of carbonyl (C=O) groups is 1. The SMILES string of the molecule is COc1cc(/C=N\Nc2ccccc2)ccc1OC(=O)c1cccs1. The van der Waals surface area contributed by atoms with E-state index in [0.717, 1.165) is 11.3 Å². The zero-order valence-corrected chi connectivity index (χ0v) is 14.3. The summed E-state index contributed by atoms with van der Waals surface area (Å²) in [5, 5.41) is 6.01. The molecule has 1 N–H and O–H groups in total. The van der Waals surface area contributed by atoms with Gasteiger partial charge < -0.3 is 9.47 Å². The molecule has 2 aromatic carbocycles. The third-order valence-electron chi connectivity index (χ3n) is 3.29. The van der Waals surface area contributed by atoms with Gasteiger partial charge >= 0.3 is 5.97 Å². The number of ether oxygens (including phenoxy) is 2. The first kappa shape index (κ1) is 16.7. The van der Waals surface area contributed by atoms with E-state index in [1.165, 1.54) is 18.4 Å². The summed E-state index contributed by atoms with van der Waals surface area (Å²) in [4.78, 5) is 12.6. The van der Waals surface area contributed by atoms with Gasteiger partial charge in [-0.25, -0.2) is 4.79 Å². The summed E-state index contributed by atoms with van der Waals surface area (Å²) in [5.74, 6) is 0.433. The normalized spacial score (nSPS) is 10.6. The van der Waals surface area contributed by atoms with Crippen molar-refractivity contribution in [2.75, 3.05) is 12.5 Å². The second kappa shape index (κ2) is 8.12. The maximum Gasteiger partial charge on any atom is 0.353 e. The molecule has 0 bridgehead atoms. The molecule has 0 saturated heterocycles. The minimum absolute atomic E-state index is 0.370. The van der Waals surface area contributed by atoms with Crippen LogP contribution in [0.5, 0.6) is 11.5 Å². The van der Waals surface area contributed by atoms with Crippen LogP contribution in [-0.4, -0.2) is 19.3 Å². The molecule has 0 aliphatic carbocycles. The van der Waals surface area contributed by atoms with Crippen LogP contribution in [0, 0.1) is 0 Å². The number of hydrogen-bond donors (Lipinski definition) is 1. The van der Waals surface area contributed by atoms with Crippen molar-refractivity contribution in [3.8, 4) is 11.5 Å². The number of carbonyl (C=O) groups excluding carboxylic acids is 1. The van der Waals surface area contributed by atoms with Gasteiger partial charge in [0.1, 0.15) is 4.88 Å². The second-order valence-electron chi connectivity index (χ2n) is 5.01.